The summed E-state index contributed by atoms with van der Waals surface area (Å²) in [4.78, 5) is 16.6. The zero-order valence-electron chi connectivity index (χ0n) is 15.2. The number of benzene rings is 1. The number of nitrogens with zero attached hydrogens (tertiary/aromatic N) is 2. The lowest BCUT2D eigenvalue weighted by molar-refractivity contribution is -0.187. The van der Waals surface area contributed by atoms with E-state index in [2.05, 4.69) is 0 Å². The molecule has 0 bridgehead atoms. The van der Waals surface area contributed by atoms with Gasteiger partial charge in [0.1, 0.15) is 0 Å². The fraction of sp³-hybridized carbons (Fsp3) is 0.632. The molecule has 146 valence electrons. The number of carbonyl (C=O) groups is 1. The minimum absolute atomic E-state index is 0.0958. The van der Waals surface area contributed by atoms with Crippen LogP contribution >= 0.6 is 11.6 Å². The van der Waals surface area contributed by atoms with Crippen molar-refractivity contribution in [1.29, 1.82) is 0 Å². The van der Waals surface area contributed by atoms with Gasteiger partial charge in [0, 0.05) is 30.6 Å². The van der Waals surface area contributed by atoms with Gasteiger partial charge in [0.15, 0.2) is 0 Å². The number of hydrogen-bond acceptors (Lipinski definition) is 2. The van der Waals surface area contributed by atoms with E-state index in [9.17, 15) is 18.0 Å². The zero-order valence-corrected chi connectivity index (χ0v) is 16.0. The number of carbonyl (C=O) groups excluding carboxylic acids is 1. The van der Waals surface area contributed by atoms with Gasteiger partial charge >= 0.3 is 6.18 Å². The van der Waals surface area contributed by atoms with E-state index < -0.39 is 18.0 Å². The average Bonchev–Trinajstić information content (AvgIpc) is 2.59. The third-order valence-electron chi connectivity index (χ3n) is 4.90. The molecule has 0 aliphatic heterocycles. The highest BCUT2D eigenvalue weighted by Crippen LogP contribution is 2.40. The van der Waals surface area contributed by atoms with Crippen molar-refractivity contribution in [3.8, 4) is 0 Å². The lowest BCUT2D eigenvalue weighted by Gasteiger charge is -2.34. The second kappa shape index (κ2) is 9.09. The Hall–Kier alpha value is -1.27. The maximum atomic E-state index is 13.1. The summed E-state index contributed by atoms with van der Waals surface area (Å²) in [5, 5.41) is 0.611. The largest absolute Gasteiger partial charge is 0.391 e. The molecule has 1 aromatic carbocycles. The first-order valence-corrected chi connectivity index (χ1v) is 9.29. The fourth-order valence-corrected chi connectivity index (χ4v) is 3.49. The van der Waals surface area contributed by atoms with Crippen LogP contribution in [0.15, 0.2) is 24.3 Å². The summed E-state index contributed by atoms with van der Waals surface area (Å²) in [7, 11) is 3.82. The first kappa shape index (κ1) is 21.0. The lowest BCUT2D eigenvalue weighted by Crippen LogP contribution is -2.42. The van der Waals surface area contributed by atoms with Crippen LogP contribution in [-0.2, 0) is 11.3 Å². The van der Waals surface area contributed by atoms with E-state index in [1.165, 1.54) is 0 Å². The van der Waals surface area contributed by atoms with Crippen LogP contribution in [0.3, 0.4) is 0 Å². The van der Waals surface area contributed by atoms with Gasteiger partial charge < -0.3 is 9.80 Å². The molecule has 1 saturated carbocycles. The van der Waals surface area contributed by atoms with Crippen molar-refractivity contribution in [1.82, 2.24) is 9.80 Å². The van der Waals surface area contributed by atoms with Crippen molar-refractivity contribution in [3.63, 3.8) is 0 Å². The van der Waals surface area contributed by atoms with Crippen molar-refractivity contribution in [2.24, 2.45) is 11.8 Å². The Morgan fingerprint density at radius 2 is 1.81 bits per heavy atom. The van der Waals surface area contributed by atoms with Crippen LogP contribution in [0.25, 0.3) is 0 Å². The minimum atomic E-state index is -4.22. The molecule has 2 rings (SSSR count). The molecule has 1 fully saturated rings. The Bertz CT molecular complexity index is 589. The molecular formula is C19H26ClF3N2O. The number of halogens is 4. The van der Waals surface area contributed by atoms with Crippen LogP contribution in [0.1, 0.15) is 31.2 Å². The highest BCUT2D eigenvalue weighted by molar-refractivity contribution is 6.30. The standard InChI is InChI=1S/C19H26ClF3N2O/c1-24(2)10-11-25(13-14-6-8-17(20)9-7-14)18(26)15-4-3-5-16(12-15)19(21,22)23/h6-9,15-16H,3-5,10-13H2,1-2H3. The highest BCUT2D eigenvalue weighted by Gasteiger charge is 2.44. The van der Waals surface area contributed by atoms with E-state index in [1.54, 1.807) is 17.0 Å². The molecule has 1 aliphatic rings. The number of hydrogen-bond donors (Lipinski definition) is 0. The van der Waals surface area contributed by atoms with Crippen LogP contribution < -0.4 is 0 Å². The first-order chi connectivity index (χ1) is 12.2. The molecule has 2 atom stereocenters. The molecule has 3 nitrogen and oxygen atoms in total. The minimum Gasteiger partial charge on any atom is -0.337 e. The summed E-state index contributed by atoms with van der Waals surface area (Å²) in [5.74, 6) is -2.09. The molecule has 0 N–H and O–H groups in total. The zero-order chi connectivity index (χ0) is 19.3. The van der Waals surface area contributed by atoms with Gasteiger partial charge in [-0.2, -0.15) is 13.2 Å². The number of amides is 1. The quantitative estimate of drug-likeness (QED) is 0.708. The third kappa shape index (κ3) is 6.16. The first-order valence-electron chi connectivity index (χ1n) is 8.91. The molecule has 1 aromatic rings. The number of likely N-dealkylation sites (N-methyl/N-ethyl adjacent to an activating group) is 1. The van der Waals surface area contributed by atoms with Gasteiger partial charge in [-0.05, 0) is 51.1 Å². The smallest absolute Gasteiger partial charge is 0.337 e. The van der Waals surface area contributed by atoms with Gasteiger partial charge in [-0.1, -0.05) is 30.2 Å². The summed E-state index contributed by atoms with van der Waals surface area (Å²) in [6.45, 7) is 1.54. The fourth-order valence-electron chi connectivity index (χ4n) is 3.37. The van der Waals surface area contributed by atoms with Crippen molar-refractivity contribution in [3.05, 3.63) is 34.9 Å². The van der Waals surface area contributed by atoms with Crippen LogP contribution in [0.2, 0.25) is 5.02 Å². The van der Waals surface area contributed by atoms with Crippen LogP contribution in [0, 0.1) is 11.8 Å². The van der Waals surface area contributed by atoms with Gasteiger partial charge in [-0.3, -0.25) is 4.79 Å². The predicted octanol–water partition coefficient (Wildman–Crippen LogP) is 4.60. The monoisotopic (exact) mass is 390 g/mol. The molecule has 1 aliphatic carbocycles. The summed E-state index contributed by atoms with van der Waals surface area (Å²) in [6.07, 6.45) is -3.21. The molecule has 0 heterocycles. The molecule has 0 spiro atoms. The summed E-state index contributed by atoms with van der Waals surface area (Å²) >= 11 is 5.90. The van der Waals surface area contributed by atoms with Crippen molar-refractivity contribution < 1.29 is 18.0 Å². The van der Waals surface area contributed by atoms with Crippen molar-refractivity contribution in [2.75, 3.05) is 27.2 Å². The van der Waals surface area contributed by atoms with Gasteiger partial charge in [0.05, 0.1) is 5.92 Å². The van der Waals surface area contributed by atoms with Crippen LogP contribution in [0.5, 0.6) is 0 Å². The summed E-state index contributed by atoms with van der Waals surface area (Å²) in [6, 6.07) is 7.20. The maximum Gasteiger partial charge on any atom is 0.391 e. The second-order valence-corrected chi connectivity index (χ2v) is 7.73. The lowest BCUT2D eigenvalue weighted by atomic mass is 9.80. The summed E-state index contributed by atoms with van der Waals surface area (Å²) in [5.41, 5.74) is 0.921. The Balaban J connectivity index is 2.09. The van der Waals surface area contributed by atoms with Crippen molar-refractivity contribution >= 4 is 17.5 Å². The van der Waals surface area contributed by atoms with Gasteiger partial charge in [-0.15, -0.1) is 0 Å². The molecule has 0 radical (unpaired) electrons. The third-order valence-corrected chi connectivity index (χ3v) is 5.15. The number of rotatable bonds is 6. The van der Waals surface area contributed by atoms with E-state index in [-0.39, 0.29) is 18.7 Å². The predicted molar refractivity (Wildman–Crippen MR) is 96.9 cm³/mol. The van der Waals surface area contributed by atoms with E-state index in [1.807, 2.05) is 31.1 Å². The second-order valence-electron chi connectivity index (χ2n) is 7.29. The SMILES string of the molecule is CN(C)CCN(Cc1ccc(Cl)cc1)C(=O)C1CCCC(C(F)(F)F)C1. The Kier molecular flexibility index (Phi) is 7.35. The normalized spacial score (nSPS) is 21.0. The average molecular weight is 391 g/mol. The molecular weight excluding hydrogens is 365 g/mol. The Morgan fingerprint density at radius 1 is 1.15 bits per heavy atom. The molecule has 2 unspecified atom stereocenters. The Labute approximate surface area is 158 Å². The molecule has 0 aromatic heterocycles. The van der Waals surface area contributed by atoms with E-state index in [0.29, 0.717) is 37.5 Å². The molecule has 7 heteroatoms. The molecule has 26 heavy (non-hydrogen) atoms. The Morgan fingerprint density at radius 3 is 2.38 bits per heavy atom. The van der Waals surface area contributed by atoms with E-state index in [4.69, 9.17) is 11.6 Å². The van der Waals surface area contributed by atoms with Crippen LogP contribution in [0.4, 0.5) is 13.2 Å². The van der Waals surface area contributed by atoms with Gasteiger partial charge in [0.25, 0.3) is 0 Å². The topological polar surface area (TPSA) is 23.6 Å². The van der Waals surface area contributed by atoms with Crippen molar-refractivity contribution in [2.45, 2.75) is 38.4 Å². The molecule has 1 amide bonds. The number of alkyl halides is 3. The van der Waals surface area contributed by atoms with Gasteiger partial charge in [0.2, 0.25) is 5.91 Å². The van der Waals surface area contributed by atoms with Gasteiger partial charge in [-0.25, -0.2) is 0 Å². The van der Waals surface area contributed by atoms with Crippen LogP contribution in [-0.4, -0.2) is 49.1 Å². The van der Waals surface area contributed by atoms with E-state index in [0.717, 1.165) is 5.56 Å². The highest BCUT2D eigenvalue weighted by atomic mass is 35.5. The maximum absolute atomic E-state index is 13.1. The summed E-state index contributed by atoms with van der Waals surface area (Å²) < 4.78 is 39.2. The van der Waals surface area contributed by atoms with E-state index >= 15 is 0 Å². The molecule has 0 saturated heterocycles.